The van der Waals surface area contributed by atoms with Crippen LogP contribution in [-0.2, 0) is 4.79 Å². The van der Waals surface area contributed by atoms with Crippen LogP contribution >= 0.6 is 11.8 Å². The average Bonchev–Trinajstić information content (AvgIpc) is 2.29. The van der Waals surface area contributed by atoms with Crippen molar-refractivity contribution in [2.24, 2.45) is 5.92 Å². The summed E-state index contributed by atoms with van der Waals surface area (Å²) in [6.07, 6.45) is 0. The highest BCUT2D eigenvalue weighted by atomic mass is 32.2. The van der Waals surface area contributed by atoms with Gasteiger partial charge in [-0.3, -0.25) is 4.79 Å². The van der Waals surface area contributed by atoms with Crippen LogP contribution in [0.2, 0.25) is 0 Å². The van der Waals surface area contributed by atoms with Crippen LogP contribution in [-0.4, -0.2) is 17.4 Å². The quantitative estimate of drug-likeness (QED) is 0.871. The Bertz CT molecular complexity index is 406. The fraction of sp³-hybridized carbons (Fsp3) is 0.385. The Labute approximate surface area is 106 Å². The SMILES string of the molecule is CC(C)CSCC(=O)Nc1ccc(C#N)cc1. The molecule has 0 aliphatic heterocycles. The average molecular weight is 248 g/mol. The molecule has 1 N–H and O–H groups in total. The third-order valence-corrected chi connectivity index (χ3v) is 3.35. The van der Waals surface area contributed by atoms with Gasteiger partial charge in [-0.1, -0.05) is 13.8 Å². The van der Waals surface area contributed by atoms with Crippen LogP contribution in [0.15, 0.2) is 24.3 Å². The van der Waals surface area contributed by atoms with Gasteiger partial charge in [0.2, 0.25) is 5.91 Å². The molecule has 1 aromatic rings. The molecule has 0 aliphatic rings. The molecule has 0 bridgehead atoms. The monoisotopic (exact) mass is 248 g/mol. The number of nitrogens with one attached hydrogen (secondary N) is 1. The van der Waals surface area contributed by atoms with Crippen LogP contribution in [0, 0.1) is 17.2 Å². The van der Waals surface area contributed by atoms with Gasteiger partial charge in [0.15, 0.2) is 0 Å². The van der Waals surface area contributed by atoms with Gasteiger partial charge in [0.1, 0.15) is 0 Å². The zero-order chi connectivity index (χ0) is 12.7. The minimum absolute atomic E-state index is 0.000331. The van der Waals surface area contributed by atoms with Crippen LogP contribution in [0.4, 0.5) is 5.69 Å². The molecule has 1 aromatic carbocycles. The fourth-order valence-electron chi connectivity index (χ4n) is 1.21. The number of anilines is 1. The van der Waals surface area contributed by atoms with E-state index >= 15 is 0 Å². The highest BCUT2D eigenvalue weighted by Gasteiger charge is 2.03. The fourth-order valence-corrected chi connectivity index (χ4v) is 2.06. The van der Waals surface area contributed by atoms with Crippen LogP contribution in [0.25, 0.3) is 0 Å². The second-order valence-corrected chi connectivity index (χ2v) is 5.18. The third-order valence-electron chi connectivity index (χ3n) is 1.98. The van der Waals surface area contributed by atoms with Gasteiger partial charge in [-0.05, 0) is 35.9 Å². The van der Waals surface area contributed by atoms with Crippen LogP contribution in [0.3, 0.4) is 0 Å². The molecule has 90 valence electrons. The second-order valence-electron chi connectivity index (χ2n) is 4.15. The highest BCUT2D eigenvalue weighted by Crippen LogP contribution is 2.11. The smallest absolute Gasteiger partial charge is 0.234 e. The van der Waals surface area contributed by atoms with Crippen LogP contribution in [0.1, 0.15) is 19.4 Å². The second kappa shape index (κ2) is 6.97. The maximum absolute atomic E-state index is 11.6. The molecule has 0 radical (unpaired) electrons. The molecule has 0 aromatic heterocycles. The largest absolute Gasteiger partial charge is 0.325 e. The lowest BCUT2D eigenvalue weighted by Crippen LogP contribution is -2.14. The predicted octanol–water partition coefficient (Wildman–Crippen LogP) is 2.89. The Morgan fingerprint density at radius 2 is 2.06 bits per heavy atom. The Kier molecular flexibility index (Phi) is 5.58. The zero-order valence-corrected chi connectivity index (χ0v) is 10.9. The molecular weight excluding hydrogens is 232 g/mol. The lowest BCUT2D eigenvalue weighted by molar-refractivity contribution is -0.113. The first-order valence-corrected chi connectivity index (χ1v) is 6.65. The molecule has 0 fully saturated rings. The summed E-state index contributed by atoms with van der Waals surface area (Å²) < 4.78 is 0. The van der Waals surface area contributed by atoms with Gasteiger partial charge in [0.05, 0.1) is 17.4 Å². The number of benzene rings is 1. The van der Waals surface area contributed by atoms with E-state index in [1.807, 2.05) is 6.07 Å². The number of thioether (sulfide) groups is 1. The van der Waals surface area contributed by atoms with E-state index in [-0.39, 0.29) is 5.91 Å². The molecule has 0 atom stereocenters. The molecule has 0 aliphatic carbocycles. The molecule has 0 saturated heterocycles. The van der Waals surface area contributed by atoms with Crippen molar-refractivity contribution in [3.8, 4) is 6.07 Å². The molecule has 0 spiro atoms. The number of carbonyl (C=O) groups is 1. The standard InChI is InChI=1S/C13H16N2OS/c1-10(2)8-17-9-13(16)15-12-5-3-11(7-14)4-6-12/h3-6,10H,8-9H2,1-2H3,(H,15,16). The summed E-state index contributed by atoms with van der Waals surface area (Å²) in [5.74, 6) is 2.06. The summed E-state index contributed by atoms with van der Waals surface area (Å²) in [4.78, 5) is 11.6. The van der Waals surface area contributed by atoms with Crippen molar-refractivity contribution in [3.05, 3.63) is 29.8 Å². The molecule has 0 heterocycles. The van der Waals surface area contributed by atoms with Crippen molar-refractivity contribution in [2.75, 3.05) is 16.8 Å². The third kappa shape index (κ3) is 5.41. The summed E-state index contributed by atoms with van der Waals surface area (Å²) in [5.41, 5.74) is 1.33. The van der Waals surface area contributed by atoms with Gasteiger partial charge in [-0.2, -0.15) is 17.0 Å². The number of hydrogen-bond acceptors (Lipinski definition) is 3. The summed E-state index contributed by atoms with van der Waals surface area (Å²) >= 11 is 1.63. The maximum Gasteiger partial charge on any atom is 0.234 e. The van der Waals surface area contributed by atoms with Crippen LogP contribution < -0.4 is 5.32 Å². The van der Waals surface area contributed by atoms with E-state index in [2.05, 4.69) is 19.2 Å². The van der Waals surface area contributed by atoms with Crippen molar-refractivity contribution in [3.63, 3.8) is 0 Å². The Balaban J connectivity index is 2.37. The Hall–Kier alpha value is -1.47. The molecule has 0 saturated carbocycles. The lowest BCUT2D eigenvalue weighted by atomic mass is 10.2. The van der Waals surface area contributed by atoms with E-state index in [9.17, 15) is 4.79 Å². The van der Waals surface area contributed by atoms with Gasteiger partial charge in [0, 0.05) is 5.69 Å². The summed E-state index contributed by atoms with van der Waals surface area (Å²) in [7, 11) is 0. The Morgan fingerprint density at radius 1 is 1.41 bits per heavy atom. The molecule has 0 unspecified atom stereocenters. The van der Waals surface area contributed by atoms with Crippen molar-refractivity contribution in [1.82, 2.24) is 0 Å². The number of rotatable bonds is 5. The van der Waals surface area contributed by atoms with Gasteiger partial charge in [-0.15, -0.1) is 0 Å². The summed E-state index contributed by atoms with van der Waals surface area (Å²) in [6.45, 7) is 4.26. The Morgan fingerprint density at radius 3 is 2.59 bits per heavy atom. The van der Waals surface area contributed by atoms with E-state index in [0.717, 1.165) is 11.4 Å². The number of carbonyl (C=O) groups excluding carboxylic acids is 1. The first kappa shape index (κ1) is 13.6. The number of nitriles is 1. The normalized spacial score (nSPS) is 10.0. The minimum Gasteiger partial charge on any atom is -0.325 e. The zero-order valence-electron chi connectivity index (χ0n) is 10.1. The highest BCUT2D eigenvalue weighted by molar-refractivity contribution is 7.99. The number of nitrogens with zero attached hydrogens (tertiary/aromatic N) is 1. The van der Waals surface area contributed by atoms with Crippen LogP contribution in [0.5, 0.6) is 0 Å². The van der Waals surface area contributed by atoms with E-state index < -0.39 is 0 Å². The van der Waals surface area contributed by atoms with Gasteiger partial charge in [0.25, 0.3) is 0 Å². The van der Waals surface area contributed by atoms with E-state index in [1.54, 1.807) is 36.0 Å². The first-order chi connectivity index (χ1) is 8.11. The molecule has 3 nitrogen and oxygen atoms in total. The molecular formula is C13H16N2OS. The van der Waals surface area contributed by atoms with E-state index in [4.69, 9.17) is 5.26 Å². The van der Waals surface area contributed by atoms with E-state index in [0.29, 0.717) is 17.2 Å². The van der Waals surface area contributed by atoms with Crippen molar-refractivity contribution in [1.29, 1.82) is 5.26 Å². The van der Waals surface area contributed by atoms with Crippen molar-refractivity contribution in [2.45, 2.75) is 13.8 Å². The van der Waals surface area contributed by atoms with Crippen molar-refractivity contribution >= 4 is 23.4 Å². The minimum atomic E-state index is 0.000331. The molecule has 4 heteroatoms. The van der Waals surface area contributed by atoms with Gasteiger partial charge < -0.3 is 5.32 Å². The topological polar surface area (TPSA) is 52.9 Å². The van der Waals surface area contributed by atoms with Gasteiger partial charge in [-0.25, -0.2) is 0 Å². The summed E-state index contributed by atoms with van der Waals surface area (Å²) in [5, 5.41) is 11.4. The molecule has 17 heavy (non-hydrogen) atoms. The van der Waals surface area contributed by atoms with Gasteiger partial charge >= 0.3 is 0 Å². The first-order valence-electron chi connectivity index (χ1n) is 5.49. The molecule has 1 amide bonds. The van der Waals surface area contributed by atoms with Crippen molar-refractivity contribution < 1.29 is 4.79 Å². The summed E-state index contributed by atoms with van der Waals surface area (Å²) in [6, 6.07) is 8.90. The molecule has 1 rings (SSSR count). The van der Waals surface area contributed by atoms with E-state index in [1.165, 1.54) is 0 Å². The lowest BCUT2D eigenvalue weighted by Gasteiger charge is -2.06. The number of amides is 1. The number of hydrogen-bond donors (Lipinski definition) is 1. The maximum atomic E-state index is 11.6. The predicted molar refractivity (Wildman–Crippen MR) is 71.9 cm³/mol.